The van der Waals surface area contributed by atoms with Gasteiger partial charge in [0.2, 0.25) is 11.8 Å². The highest BCUT2D eigenvalue weighted by Crippen LogP contribution is 2.38. The number of carbonyl (C=O) groups excluding carboxylic acids is 1. The third kappa shape index (κ3) is 3.50. The van der Waals surface area contributed by atoms with E-state index in [1.165, 1.54) is 4.90 Å². The summed E-state index contributed by atoms with van der Waals surface area (Å²) in [7, 11) is -2.89. The summed E-state index contributed by atoms with van der Waals surface area (Å²) < 4.78 is 40.6. The smallest absolute Gasteiger partial charge is 0.418 e. The first kappa shape index (κ1) is 17.1. The van der Waals surface area contributed by atoms with Gasteiger partial charge in [0.25, 0.3) is 0 Å². The molecule has 12 heteroatoms. The summed E-state index contributed by atoms with van der Waals surface area (Å²) in [5, 5.41) is 11.7. The zero-order valence-corrected chi connectivity index (χ0v) is 13.9. The monoisotopic (exact) mass is 361 g/mol. The Morgan fingerprint density at radius 2 is 2.21 bits per heavy atom. The van der Waals surface area contributed by atoms with Crippen LogP contribution < -0.4 is 5.32 Å². The Labute approximate surface area is 138 Å². The van der Waals surface area contributed by atoms with E-state index in [9.17, 15) is 13.2 Å². The summed E-state index contributed by atoms with van der Waals surface area (Å²) >= 11 is 0. The molecule has 0 aliphatic carbocycles. The number of aromatic nitrogens is 2. The molecular weight excluding hydrogens is 342 g/mol. The highest BCUT2D eigenvalue weighted by molar-refractivity contribution is 7.80. The maximum Gasteiger partial charge on any atom is 0.418 e. The van der Waals surface area contributed by atoms with Gasteiger partial charge >= 0.3 is 16.4 Å². The number of carbonyl (C=O) groups is 1. The van der Waals surface area contributed by atoms with Crippen LogP contribution in [0.15, 0.2) is 4.42 Å². The van der Waals surface area contributed by atoms with Crippen LogP contribution in [0.25, 0.3) is 0 Å². The van der Waals surface area contributed by atoms with Crippen molar-refractivity contribution in [1.29, 1.82) is 0 Å². The molecule has 0 saturated carbocycles. The maximum absolute atomic E-state index is 12.3. The van der Waals surface area contributed by atoms with Gasteiger partial charge in [0.05, 0.1) is 6.04 Å². The second kappa shape index (κ2) is 6.63. The van der Waals surface area contributed by atoms with Crippen LogP contribution in [-0.2, 0) is 21.1 Å². The van der Waals surface area contributed by atoms with E-state index in [2.05, 4.69) is 19.8 Å². The van der Waals surface area contributed by atoms with Crippen molar-refractivity contribution in [2.45, 2.75) is 37.8 Å². The fourth-order valence-corrected chi connectivity index (χ4v) is 3.40. The summed E-state index contributed by atoms with van der Waals surface area (Å²) in [6, 6.07) is -1.50. The van der Waals surface area contributed by atoms with Crippen LogP contribution >= 0.6 is 0 Å². The molecule has 2 bridgehead atoms. The normalized spacial score (nSPS) is 24.0. The van der Waals surface area contributed by atoms with Crippen LogP contribution in [0.4, 0.5) is 4.79 Å². The summed E-state index contributed by atoms with van der Waals surface area (Å²) in [5.41, 5.74) is 0. The van der Waals surface area contributed by atoms with Crippen LogP contribution in [0.3, 0.4) is 0 Å². The van der Waals surface area contributed by atoms with Gasteiger partial charge in [-0.05, 0) is 32.9 Å². The molecule has 0 spiro atoms. The first-order valence-electron chi connectivity index (χ1n) is 7.63. The van der Waals surface area contributed by atoms with E-state index in [1.54, 1.807) is 0 Å². The molecule has 3 rings (SSSR count). The molecule has 0 unspecified atom stereocenters. The number of urea groups is 1. The maximum atomic E-state index is 12.3. The number of amides is 2. The zero-order valence-electron chi connectivity index (χ0n) is 13.1. The molecule has 3 heterocycles. The second-order valence-electron chi connectivity index (χ2n) is 5.75. The van der Waals surface area contributed by atoms with E-state index in [1.807, 2.05) is 7.05 Å². The van der Waals surface area contributed by atoms with Crippen molar-refractivity contribution < 1.29 is 26.5 Å². The van der Waals surface area contributed by atoms with Gasteiger partial charge in [0, 0.05) is 13.0 Å². The average molecular weight is 361 g/mol. The summed E-state index contributed by atoms with van der Waals surface area (Å²) in [4.78, 5) is 13.7. The van der Waals surface area contributed by atoms with E-state index >= 15 is 0 Å². The highest BCUT2D eigenvalue weighted by atomic mass is 32.3. The van der Waals surface area contributed by atoms with Crippen molar-refractivity contribution >= 4 is 16.4 Å². The quantitative estimate of drug-likeness (QED) is 0.503. The number of nitrogens with zero attached hydrogens (tertiary/aromatic N) is 4. The molecule has 0 aromatic carbocycles. The van der Waals surface area contributed by atoms with Crippen LogP contribution in [0.5, 0.6) is 0 Å². The molecule has 2 fully saturated rings. The van der Waals surface area contributed by atoms with E-state index < -0.39 is 28.5 Å². The number of hydrogen-bond acceptors (Lipinski definition) is 8. The standard InChI is InChI=1S/C12H19N5O6S/c1-13-6-2-3-10-14-15-11(22-10)9-5-4-8-7-16(9)12(18)17(8)23-24(19,20)21/h8-9,13H,2-7H2,1H3,(H,19,20,21)/t8-,9+/m1/s1. The molecule has 2 aliphatic rings. The first-order valence-corrected chi connectivity index (χ1v) is 8.99. The molecule has 24 heavy (non-hydrogen) atoms. The molecule has 2 amide bonds. The van der Waals surface area contributed by atoms with Crippen LogP contribution in [0, 0.1) is 0 Å². The first-order chi connectivity index (χ1) is 11.4. The molecule has 1 aromatic heterocycles. The number of nitrogens with one attached hydrogen (secondary N) is 1. The number of aryl methyl sites for hydroxylation is 1. The molecule has 2 atom stereocenters. The van der Waals surface area contributed by atoms with Crippen LogP contribution in [-0.4, -0.2) is 65.3 Å². The Kier molecular flexibility index (Phi) is 4.71. The molecule has 134 valence electrons. The number of hydrogen-bond donors (Lipinski definition) is 2. The average Bonchev–Trinajstić information content (AvgIpc) is 3.07. The van der Waals surface area contributed by atoms with E-state index in [0.29, 0.717) is 36.1 Å². The Balaban J connectivity index is 1.70. The minimum Gasteiger partial charge on any atom is -0.423 e. The molecule has 11 nitrogen and oxygen atoms in total. The Morgan fingerprint density at radius 3 is 2.92 bits per heavy atom. The van der Waals surface area contributed by atoms with Crippen molar-refractivity contribution in [2.75, 3.05) is 20.1 Å². The van der Waals surface area contributed by atoms with Gasteiger partial charge < -0.3 is 14.6 Å². The van der Waals surface area contributed by atoms with Gasteiger partial charge in [-0.25, -0.2) is 4.79 Å². The van der Waals surface area contributed by atoms with E-state index in [4.69, 9.17) is 8.97 Å². The lowest BCUT2D eigenvalue weighted by Gasteiger charge is -2.27. The predicted molar refractivity (Wildman–Crippen MR) is 78.9 cm³/mol. The van der Waals surface area contributed by atoms with Crippen molar-refractivity contribution in [3.8, 4) is 0 Å². The van der Waals surface area contributed by atoms with Gasteiger partial charge in [0.15, 0.2) is 0 Å². The lowest BCUT2D eigenvalue weighted by molar-refractivity contribution is -0.0317. The van der Waals surface area contributed by atoms with Gasteiger partial charge in [-0.1, -0.05) is 0 Å². The fraction of sp³-hybridized carbons (Fsp3) is 0.750. The van der Waals surface area contributed by atoms with E-state index in [-0.39, 0.29) is 6.54 Å². The van der Waals surface area contributed by atoms with Gasteiger partial charge in [-0.15, -0.1) is 14.5 Å². The Hall–Kier alpha value is -1.76. The third-order valence-electron chi connectivity index (χ3n) is 4.08. The molecule has 0 radical (unpaired) electrons. The van der Waals surface area contributed by atoms with Crippen molar-refractivity contribution in [1.82, 2.24) is 25.5 Å². The number of fused-ring (bicyclic) bond motifs is 2. The second-order valence-corrected chi connectivity index (χ2v) is 6.76. The van der Waals surface area contributed by atoms with Crippen molar-refractivity contribution in [3.05, 3.63) is 11.8 Å². The zero-order chi connectivity index (χ0) is 17.3. The fourth-order valence-electron chi connectivity index (χ4n) is 3.01. The largest absolute Gasteiger partial charge is 0.423 e. The minimum atomic E-state index is -4.75. The van der Waals surface area contributed by atoms with Gasteiger partial charge in [0.1, 0.15) is 6.04 Å². The molecular formula is C12H19N5O6S. The molecule has 2 N–H and O–H groups in total. The van der Waals surface area contributed by atoms with E-state index in [0.717, 1.165) is 13.0 Å². The van der Waals surface area contributed by atoms with Crippen LogP contribution in [0.2, 0.25) is 0 Å². The summed E-state index contributed by atoms with van der Waals surface area (Å²) in [5.74, 6) is 0.829. The minimum absolute atomic E-state index is 0.274. The third-order valence-corrected chi connectivity index (χ3v) is 4.43. The number of hydroxylamine groups is 2. The highest BCUT2D eigenvalue weighted by Gasteiger charge is 2.49. The molecule has 2 aliphatic heterocycles. The molecule has 2 saturated heterocycles. The predicted octanol–water partition coefficient (Wildman–Crippen LogP) is -0.103. The molecule has 1 aromatic rings. The van der Waals surface area contributed by atoms with Crippen LogP contribution in [0.1, 0.15) is 37.1 Å². The lowest BCUT2D eigenvalue weighted by atomic mass is 10.0. The topological polar surface area (TPSA) is 138 Å². The SMILES string of the molecule is CNCCCc1nnc([C@@H]2CC[C@@H]3CN2C(=O)N3OS(=O)(=O)O)o1. The summed E-state index contributed by atoms with van der Waals surface area (Å²) in [6.45, 7) is 1.10. The summed E-state index contributed by atoms with van der Waals surface area (Å²) in [6.07, 6.45) is 2.53. The van der Waals surface area contributed by atoms with Crippen molar-refractivity contribution in [2.24, 2.45) is 0 Å². The Morgan fingerprint density at radius 1 is 1.42 bits per heavy atom. The Bertz CT molecular complexity index is 707. The van der Waals surface area contributed by atoms with Gasteiger partial charge in [-0.3, -0.25) is 4.55 Å². The van der Waals surface area contributed by atoms with Crippen molar-refractivity contribution in [3.63, 3.8) is 0 Å². The number of piperidine rings is 1. The number of rotatable bonds is 7. The lowest BCUT2D eigenvalue weighted by Crippen LogP contribution is -2.35. The van der Waals surface area contributed by atoms with Gasteiger partial charge in [-0.2, -0.15) is 13.5 Å².